The minimum absolute atomic E-state index is 0.0267. The zero-order valence-electron chi connectivity index (χ0n) is 14.1. The van der Waals surface area contributed by atoms with Crippen LogP contribution in [0.2, 0.25) is 5.02 Å². The third-order valence-electron chi connectivity index (χ3n) is 3.87. The van der Waals surface area contributed by atoms with Crippen LogP contribution >= 0.6 is 24.2 Å². The van der Waals surface area contributed by atoms with Gasteiger partial charge in [0.2, 0.25) is 0 Å². The molecule has 0 unspecified atom stereocenters. The van der Waals surface area contributed by atoms with Crippen molar-refractivity contribution in [3.05, 3.63) is 41.1 Å². The monoisotopic (exact) mass is 395 g/mol. The number of aliphatic hydroxyl groups is 1. The van der Waals surface area contributed by atoms with Crippen molar-refractivity contribution < 1.29 is 9.90 Å². The number of primary amides is 1. The summed E-state index contributed by atoms with van der Waals surface area (Å²) in [6.07, 6.45) is 4.10. The van der Waals surface area contributed by atoms with Crippen LogP contribution in [0, 0.1) is 11.8 Å². The Bertz CT molecular complexity index is 691. The number of amidine groups is 1. The molecule has 1 fully saturated rings. The van der Waals surface area contributed by atoms with Crippen LogP contribution in [0.4, 0.5) is 5.69 Å². The Morgan fingerprint density at radius 3 is 2.38 bits per heavy atom. The second kappa shape index (κ2) is 10.1. The molecule has 0 saturated heterocycles. The highest BCUT2D eigenvalue weighted by Crippen LogP contribution is 2.31. The third kappa shape index (κ3) is 6.96. The van der Waals surface area contributed by atoms with E-state index in [1.165, 1.54) is 6.20 Å². The van der Waals surface area contributed by atoms with E-state index in [2.05, 4.69) is 29.5 Å². The Labute approximate surface area is 163 Å². The number of hydrogen-bond donors (Lipinski definition) is 5. The lowest BCUT2D eigenvalue weighted by molar-refractivity contribution is -0.114. The molecule has 26 heavy (non-hydrogen) atoms. The lowest BCUT2D eigenvalue weighted by atomic mass is 9.92. The van der Waals surface area contributed by atoms with Gasteiger partial charge >= 0.3 is 0 Å². The van der Waals surface area contributed by atoms with Crippen molar-refractivity contribution in [2.75, 3.05) is 0 Å². The second-order valence-corrected chi connectivity index (χ2v) is 7.09. The average Bonchev–Trinajstić information content (AvgIpc) is 2.60. The fraction of sp³-hybridized carbons (Fsp3) is 0.353. The molecule has 0 aromatic heterocycles. The zero-order chi connectivity index (χ0) is 19.7. The van der Waals surface area contributed by atoms with Gasteiger partial charge in [-0.05, 0) is 49.9 Å². The number of benzene rings is 1. The Morgan fingerprint density at radius 1 is 1.35 bits per heavy atom. The highest BCUT2D eigenvalue weighted by molar-refractivity contribution is 7.81. The largest absolute Gasteiger partial charge is 0.387 e. The molecule has 1 aliphatic carbocycles. The number of halogens is 1. The van der Waals surface area contributed by atoms with Crippen LogP contribution < -0.4 is 16.8 Å². The van der Waals surface area contributed by atoms with Gasteiger partial charge in [0.1, 0.15) is 10.8 Å². The molecule has 1 aliphatic rings. The van der Waals surface area contributed by atoms with Crippen molar-refractivity contribution >= 4 is 41.7 Å². The van der Waals surface area contributed by atoms with E-state index in [4.69, 9.17) is 28.3 Å². The summed E-state index contributed by atoms with van der Waals surface area (Å²) in [5, 5.41) is 20.0. The van der Waals surface area contributed by atoms with E-state index < -0.39 is 10.8 Å². The molecule has 1 aromatic carbocycles. The van der Waals surface area contributed by atoms with Crippen LogP contribution in [0.3, 0.4) is 0 Å². The normalized spacial score (nSPS) is 23.5. The molecule has 1 saturated carbocycles. The second-order valence-electron chi connectivity index (χ2n) is 5.82. The van der Waals surface area contributed by atoms with Crippen molar-refractivity contribution in [2.24, 2.45) is 16.5 Å². The summed E-state index contributed by atoms with van der Waals surface area (Å²) in [5.74, 6) is -0.641. The van der Waals surface area contributed by atoms with Crippen molar-refractivity contribution in [2.45, 2.75) is 36.7 Å². The van der Waals surface area contributed by atoms with Crippen molar-refractivity contribution in [1.82, 2.24) is 5.32 Å². The van der Waals surface area contributed by atoms with Gasteiger partial charge in [-0.25, -0.2) is 10.3 Å². The Morgan fingerprint density at radius 2 is 1.88 bits per heavy atom. The molecule has 7 nitrogen and oxygen atoms in total. The quantitative estimate of drug-likeness (QED) is 0.171. The molecule has 9 heteroatoms. The van der Waals surface area contributed by atoms with Gasteiger partial charge in [0, 0.05) is 23.8 Å². The van der Waals surface area contributed by atoms with Crippen LogP contribution in [0.25, 0.3) is 0 Å². The maximum atomic E-state index is 11.6. The molecule has 0 radical (unpaired) electrons. The Kier molecular flexibility index (Phi) is 8.45. The number of carbonyl (C=O) groups is 1. The summed E-state index contributed by atoms with van der Waals surface area (Å²) in [5.41, 5.74) is 12.0. The number of nitriles is 1. The minimum Gasteiger partial charge on any atom is -0.387 e. The van der Waals surface area contributed by atoms with Crippen molar-refractivity contribution in [3.63, 3.8) is 0 Å². The number of thiol groups is 1. The molecule has 6 N–H and O–H groups in total. The summed E-state index contributed by atoms with van der Waals surface area (Å²) in [6.45, 7) is 3.50. The molecule has 0 heterocycles. The van der Waals surface area contributed by atoms with E-state index in [1.807, 2.05) is 0 Å². The van der Waals surface area contributed by atoms with E-state index in [0.717, 1.165) is 12.8 Å². The topological polar surface area (TPSA) is 138 Å². The first-order valence-electron chi connectivity index (χ1n) is 7.83. The summed E-state index contributed by atoms with van der Waals surface area (Å²) in [4.78, 5) is 14.9. The SMILES string of the molecule is C#N.NC(=O)/C(=C/NC1CCC(O)(S)CC1)C(N)=Nc1ccc(Cl)cc1. The van der Waals surface area contributed by atoms with E-state index in [1.54, 1.807) is 24.3 Å². The van der Waals surface area contributed by atoms with Gasteiger partial charge in [-0.3, -0.25) is 4.79 Å². The first-order chi connectivity index (χ1) is 12.3. The van der Waals surface area contributed by atoms with Crippen LogP contribution in [0.15, 0.2) is 41.0 Å². The van der Waals surface area contributed by atoms with E-state index in [-0.39, 0.29) is 17.5 Å². The standard InChI is InChI=1S/C16H21ClN4O2S.CHN/c17-10-1-3-12(4-2-10)21-14(18)13(15(19)22)9-20-11-5-7-16(23,24)8-6-11;1-2/h1-4,9,11,20,23-24H,5-8H2,(H2,18,21)(H2,19,22);1H/b13-9+;. The molecule has 0 spiro atoms. The highest BCUT2D eigenvalue weighted by Gasteiger charge is 2.29. The number of carbonyl (C=O) groups excluding carboxylic acids is 1. The summed E-state index contributed by atoms with van der Waals surface area (Å²) < 4.78 is 0. The van der Waals surface area contributed by atoms with Gasteiger partial charge in [-0.15, -0.1) is 12.6 Å². The van der Waals surface area contributed by atoms with Gasteiger partial charge in [0.25, 0.3) is 5.91 Å². The fourth-order valence-corrected chi connectivity index (χ4v) is 2.82. The Balaban J connectivity index is 0.00000163. The van der Waals surface area contributed by atoms with Gasteiger partial charge in [0.15, 0.2) is 0 Å². The number of rotatable bonds is 5. The molecule has 0 bridgehead atoms. The number of aliphatic imine (C=N–C) groups is 1. The number of amides is 1. The number of nitrogens with zero attached hydrogens (tertiary/aromatic N) is 2. The third-order valence-corrected chi connectivity index (χ3v) is 4.57. The van der Waals surface area contributed by atoms with E-state index >= 15 is 0 Å². The van der Waals surface area contributed by atoms with Gasteiger partial charge < -0.3 is 21.9 Å². The summed E-state index contributed by atoms with van der Waals surface area (Å²) in [7, 11) is 0. The first kappa shape index (κ1) is 21.8. The van der Waals surface area contributed by atoms with Gasteiger partial charge in [-0.1, -0.05) is 11.6 Å². The molecule has 1 aromatic rings. The zero-order valence-corrected chi connectivity index (χ0v) is 15.8. The number of hydrogen-bond acceptors (Lipinski definition) is 6. The molecule has 0 atom stereocenters. The predicted octanol–water partition coefficient (Wildman–Crippen LogP) is 1.99. The number of nitrogens with two attached hydrogens (primary N) is 2. The lowest BCUT2D eigenvalue weighted by Gasteiger charge is -2.32. The van der Waals surface area contributed by atoms with Crippen molar-refractivity contribution in [1.29, 1.82) is 5.26 Å². The maximum Gasteiger partial charge on any atom is 0.253 e. The molecular formula is C17H22ClN5O2S. The van der Waals surface area contributed by atoms with Gasteiger partial charge in [0.05, 0.1) is 11.3 Å². The number of nitrogens with one attached hydrogen (secondary N) is 1. The van der Waals surface area contributed by atoms with Crippen LogP contribution in [-0.4, -0.2) is 27.8 Å². The molecule has 140 valence electrons. The first-order valence-corrected chi connectivity index (χ1v) is 8.66. The van der Waals surface area contributed by atoms with E-state index in [0.29, 0.717) is 23.6 Å². The van der Waals surface area contributed by atoms with Crippen molar-refractivity contribution in [3.8, 4) is 6.57 Å². The van der Waals surface area contributed by atoms with Crippen LogP contribution in [0.1, 0.15) is 25.7 Å². The maximum absolute atomic E-state index is 11.6. The molecule has 2 rings (SSSR count). The lowest BCUT2D eigenvalue weighted by Crippen LogP contribution is -2.37. The highest BCUT2D eigenvalue weighted by atomic mass is 35.5. The predicted molar refractivity (Wildman–Crippen MR) is 106 cm³/mol. The van der Waals surface area contributed by atoms with E-state index in [9.17, 15) is 9.90 Å². The Hall–Kier alpha value is -2.21. The molecule has 1 amide bonds. The summed E-state index contributed by atoms with van der Waals surface area (Å²) in [6, 6.07) is 6.86. The average molecular weight is 396 g/mol. The smallest absolute Gasteiger partial charge is 0.253 e. The van der Waals surface area contributed by atoms with Crippen LogP contribution in [-0.2, 0) is 4.79 Å². The fourth-order valence-electron chi connectivity index (χ4n) is 2.43. The summed E-state index contributed by atoms with van der Waals surface area (Å²) >= 11 is 10.0. The molecule has 0 aliphatic heterocycles. The minimum atomic E-state index is -0.913. The van der Waals surface area contributed by atoms with Crippen LogP contribution in [0.5, 0.6) is 0 Å². The van der Waals surface area contributed by atoms with Gasteiger partial charge in [-0.2, -0.15) is 0 Å². The molecular weight excluding hydrogens is 374 g/mol.